The number of rotatable bonds is 4. The first-order valence-corrected chi connectivity index (χ1v) is 11.1. The number of aryl methyl sites for hydroxylation is 2. The van der Waals surface area contributed by atoms with Gasteiger partial charge in [0.2, 0.25) is 0 Å². The van der Waals surface area contributed by atoms with E-state index in [1.54, 1.807) is 7.11 Å². The lowest BCUT2D eigenvalue weighted by Gasteiger charge is -2.50. The lowest BCUT2D eigenvalue weighted by atomic mass is 9.53. The van der Waals surface area contributed by atoms with Crippen molar-refractivity contribution in [3.63, 3.8) is 0 Å². The van der Waals surface area contributed by atoms with Gasteiger partial charge >= 0.3 is 11.9 Å². The molecule has 5 atom stereocenters. The Hall–Kier alpha value is -2.37. The molecule has 6 nitrogen and oxygen atoms in total. The predicted octanol–water partition coefficient (Wildman–Crippen LogP) is 3.62. The molecule has 1 aromatic carbocycles. The van der Waals surface area contributed by atoms with Crippen molar-refractivity contribution in [1.82, 2.24) is 0 Å². The van der Waals surface area contributed by atoms with Crippen molar-refractivity contribution in [2.24, 2.45) is 29.1 Å². The predicted molar refractivity (Wildman–Crippen MR) is 114 cm³/mol. The Labute approximate surface area is 183 Å². The highest BCUT2D eigenvalue weighted by atomic mass is 16.5. The first-order valence-electron chi connectivity index (χ1n) is 11.1. The summed E-state index contributed by atoms with van der Waals surface area (Å²) >= 11 is 0. The van der Waals surface area contributed by atoms with E-state index in [4.69, 9.17) is 14.2 Å². The van der Waals surface area contributed by atoms with Gasteiger partial charge in [-0.2, -0.15) is 0 Å². The zero-order valence-corrected chi connectivity index (χ0v) is 19.0. The van der Waals surface area contributed by atoms with E-state index in [2.05, 4.69) is 19.1 Å². The summed E-state index contributed by atoms with van der Waals surface area (Å²) in [5.74, 6) is -1.06. The molecule has 0 radical (unpaired) electrons. The van der Waals surface area contributed by atoms with Gasteiger partial charge in [0.05, 0.1) is 21.3 Å². The van der Waals surface area contributed by atoms with Crippen molar-refractivity contribution >= 4 is 17.7 Å². The van der Waals surface area contributed by atoms with Crippen LogP contribution in [0.5, 0.6) is 5.75 Å². The molecule has 0 amide bonds. The molecule has 3 aliphatic rings. The molecule has 0 aliphatic heterocycles. The summed E-state index contributed by atoms with van der Waals surface area (Å²) in [5.41, 5.74) is 3.25. The van der Waals surface area contributed by atoms with Crippen molar-refractivity contribution < 1.29 is 28.6 Å². The van der Waals surface area contributed by atoms with E-state index >= 15 is 0 Å². The summed E-state index contributed by atoms with van der Waals surface area (Å²) in [6.07, 6.45) is 3.78. The molecule has 2 saturated carbocycles. The molecule has 0 bridgehead atoms. The standard InChI is InChI=1S/C25H32O6/c1-13-10-17-14(11-19(13)29-3)6-7-16-15(17)8-9-25(2)20(26)12-18(22(16)25)21(23(27)30-4)24(28)31-5/h10-11,15-16,18,21-22H,6-9,12H2,1-5H3/t15-,16+,18+,22+,25+/m0/s1. The van der Waals surface area contributed by atoms with Crippen molar-refractivity contribution in [3.8, 4) is 5.75 Å². The summed E-state index contributed by atoms with van der Waals surface area (Å²) in [6, 6.07) is 4.38. The van der Waals surface area contributed by atoms with Crippen molar-refractivity contribution in [3.05, 3.63) is 28.8 Å². The maximum absolute atomic E-state index is 13.2. The molecule has 0 aromatic heterocycles. The Kier molecular flexibility index (Phi) is 5.61. The molecule has 6 heteroatoms. The molecule has 3 aliphatic carbocycles. The fraction of sp³-hybridized carbons (Fsp3) is 0.640. The van der Waals surface area contributed by atoms with Gasteiger partial charge in [-0.3, -0.25) is 14.4 Å². The number of hydrogen-bond acceptors (Lipinski definition) is 6. The molecular weight excluding hydrogens is 396 g/mol. The number of fused-ring (bicyclic) bond motifs is 5. The van der Waals surface area contributed by atoms with Crippen LogP contribution in [0, 0.1) is 36.0 Å². The lowest BCUT2D eigenvalue weighted by Crippen LogP contribution is -2.47. The first-order chi connectivity index (χ1) is 14.8. The highest BCUT2D eigenvalue weighted by Crippen LogP contribution is 2.63. The fourth-order valence-corrected chi connectivity index (χ4v) is 6.90. The van der Waals surface area contributed by atoms with Gasteiger partial charge in [-0.05, 0) is 79.0 Å². The van der Waals surface area contributed by atoms with Crippen molar-refractivity contribution in [2.75, 3.05) is 21.3 Å². The van der Waals surface area contributed by atoms with Gasteiger partial charge in [-0.25, -0.2) is 0 Å². The third-order valence-corrected chi connectivity index (χ3v) is 8.35. The Balaban J connectivity index is 1.76. The summed E-state index contributed by atoms with van der Waals surface area (Å²) in [7, 11) is 4.26. The molecule has 0 saturated heterocycles. The molecule has 0 unspecified atom stereocenters. The van der Waals surface area contributed by atoms with E-state index in [-0.39, 0.29) is 30.0 Å². The van der Waals surface area contributed by atoms with Gasteiger partial charge in [0, 0.05) is 11.8 Å². The van der Waals surface area contributed by atoms with Crippen LogP contribution in [0.4, 0.5) is 0 Å². The number of carbonyl (C=O) groups is 3. The molecular formula is C25H32O6. The monoisotopic (exact) mass is 428 g/mol. The van der Waals surface area contributed by atoms with Crippen LogP contribution in [0.1, 0.15) is 55.2 Å². The van der Waals surface area contributed by atoms with E-state index in [9.17, 15) is 14.4 Å². The highest BCUT2D eigenvalue weighted by molar-refractivity contribution is 5.97. The molecule has 0 N–H and O–H groups in total. The van der Waals surface area contributed by atoms with E-state index in [1.165, 1.54) is 25.3 Å². The Morgan fingerprint density at radius 2 is 1.77 bits per heavy atom. The number of methoxy groups -OCH3 is 3. The van der Waals surface area contributed by atoms with Gasteiger partial charge in [0.25, 0.3) is 0 Å². The van der Waals surface area contributed by atoms with Crippen LogP contribution in [0.2, 0.25) is 0 Å². The number of benzene rings is 1. The Morgan fingerprint density at radius 1 is 1.10 bits per heavy atom. The minimum Gasteiger partial charge on any atom is -0.496 e. The Bertz CT molecular complexity index is 905. The molecule has 168 valence electrons. The fourth-order valence-electron chi connectivity index (χ4n) is 6.90. The molecule has 2 fully saturated rings. The zero-order chi connectivity index (χ0) is 22.5. The van der Waals surface area contributed by atoms with Crippen LogP contribution < -0.4 is 4.74 Å². The third-order valence-electron chi connectivity index (χ3n) is 8.35. The minimum absolute atomic E-state index is 0.0440. The van der Waals surface area contributed by atoms with Gasteiger partial charge < -0.3 is 14.2 Å². The minimum atomic E-state index is -1.05. The van der Waals surface area contributed by atoms with E-state index in [0.717, 1.165) is 37.0 Å². The van der Waals surface area contributed by atoms with Crippen LogP contribution in [-0.2, 0) is 30.3 Å². The second-order valence-corrected chi connectivity index (χ2v) is 9.63. The molecule has 31 heavy (non-hydrogen) atoms. The summed E-state index contributed by atoms with van der Waals surface area (Å²) in [4.78, 5) is 38.4. The van der Waals surface area contributed by atoms with Gasteiger partial charge in [-0.1, -0.05) is 13.0 Å². The topological polar surface area (TPSA) is 78.9 Å². The van der Waals surface area contributed by atoms with Gasteiger partial charge in [-0.15, -0.1) is 0 Å². The number of Topliss-reactive ketones (excluding diaryl/α,β-unsaturated/α-hetero) is 1. The average molecular weight is 429 g/mol. The number of ketones is 1. The summed E-state index contributed by atoms with van der Waals surface area (Å²) in [6.45, 7) is 4.10. The van der Waals surface area contributed by atoms with Crippen molar-refractivity contribution in [1.29, 1.82) is 0 Å². The first kappa shape index (κ1) is 21.8. The summed E-state index contributed by atoms with van der Waals surface area (Å²) < 4.78 is 15.5. The second-order valence-electron chi connectivity index (χ2n) is 9.63. The maximum Gasteiger partial charge on any atom is 0.320 e. The van der Waals surface area contributed by atoms with Crippen LogP contribution in [0.3, 0.4) is 0 Å². The van der Waals surface area contributed by atoms with Crippen LogP contribution in [-0.4, -0.2) is 39.1 Å². The lowest BCUT2D eigenvalue weighted by molar-refractivity contribution is -0.164. The largest absolute Gasteiger partial charge is 0.496 e. The molecule has 4 rings (SSSR count). The second kappa shape index (κ2) is 7.95. The smallest absolute Gasteiger partial charge is 0.320 e. The maximum atomic E-state index is 13.2. The van der Waals surface area contributed by atoms with Crippen LogP contribution >= 0.6 is 0 Å². The van der Waals surface area contributed by atoms with Crippen molar-refractivity contribution in [2.45, 2.75) is 51.9 Å². The Morgan fingerprint density at radius 3 is 2.39 bits per heavy atom. The van der Waals surface area contributed by atoms with E-state index < -0.39 is 23.3 Å². The normalized spacial score (nSPS) is 31.5. The third kappa shape index (κ3) is 3.26. The van der Waals surface area contributed by atoms with Crippen LogP contribution in [0.25, 0.3) is 0 Å². The molecule has 0 spiro atoms. The van der Waals surface area contributed by atoms with E-state index in [0.29, 0.717) is 5.92 Å². The highest BCUT2D eigenvalue weighted by Gasteiger charge is 2.62. The number of esters is 2. The molecule has 0 heterocycles. The quantitative estimate of drug-likeness (QED) is 0.538. The van der Waals surface area contributed by atoms with Gasteiger partial charge in [0.1, 0.15) is 11.5 Å². The van der Waals surface area contributed by atoms with Gasteiger partial charge in [0.15, 0.2) is 5.92 Å². The average Bonchev–Trinajstić information content (AvgIpc) is 3.03. The number of carbonyl (C=O) groups excluding carboxylic acids is 3. The van der Waals surface area contributed by atoms with E-state index in [1.807, 2.05) is 6.92 Å². The SMILES string of the molecule is COC(=O)C(C(=O)OC)[C@H]1CC(=O)[C@@]2(C)CC[C@@H]3c4cc(C)c(OC)cc4CC[C@H]3[C@H]12. The van der Waals surface area contributed by atoms with Crippen LogP contribution in [0.15, 0.2) is 12.1 Å². The number of ether oxygens (including phenoxy) is 3. The zero-order valence-electron chi connectivity index (χ0n) is 19.0. The molecule has 1 aromatic rings. The number of hydrogen-bond donors (Lipinski definition) is 0. The summed E-state index contributed by atoms with van der Waals surface area (Å²) in [5, 5.41) is 0.